The van der Waals surface area contributed by atoms with Crippen molar-refractivity contribution in [2.75, 3.05) is 13.1 Å². The summed E-state index contributed by atoms with van der Waals surface area (Å²) in [5, 5.41) is 10.6. The van der Waals surface area contributed by atoms with Crippen molar-refractivity contribution >= 4 is 0 Å². The lowest BCUT2D eigenvalue weighted by molar-refractivity contribution is 0.0912. The number of hydrogen-bond acceptors (Lipinski definition) is 2. The van der Waals surface area contributed by atoms with Gasteiger partial charge in [0, 0.05) is 0 Å². The second kappa shape index (κ2) is 10.9. The summed E-state index contributed by atoms with van der Waals surface area (Å²) < 4.78 is 0. The van der Waals surface area contributed by atoms with E-state index in [9.17, 15) is 5.11 Å². The van der Waals surface area contributed by atoms with Crippen LogP contribution in [-0.4, -0.2) is 23.1 Å². The minimum atomic E-state index is -0.311. The largest absolute Gasteiger partial charge is 0.388 e. The average Bonchev–Trinajstić information content (AvgIpc) is 3.33. The fourth-order valence-electron chi connectivity index (χ4n) is 7.47. The molecule has 0 spiro atoms. The number of fused-ring (bicyclic) bond motifs is 1. The van der Waals surface area contributed by atoms with E-state index in [0.717, 1.165) is 25.1 Å². The van der Waals surface area contributed by atoms with Crippen molar-refractivity contribution < 1.29 is 5.11 Å². The molecule has 2 aliphatic rings. The molecule has 0 saturated carbocycles. The van der Waals surface area contributed by atoms with Gasteiger partial charge in [-0.15, -0.1) is 0 Å². The highest BCUT2D eigenvalue weighted by Crippen LogP contribution is 2.48. The van der Waals surface area contributed by atoms with Crippen LogP contribution < -0.4 is 0 Å². The van der Waals surface area contributed by atoms with Crippen LogP contribution in [0.5, 0.6) is 0 Å². The second-order valence-corrected chi connectivity index (χ2v) is 11.4. The van der Waals surface area contributed by atoms with Crippen LogP contribution in [0.1, 0.15) is 72.4 Å². The number of piperidine rings is 1. The van der Waals surface area contributed by atoms with E-state index in [1.54, 1.807) is 0 Å². The standard InChI is InChI=1S/C36H39NO/c1-27(34-26-35(38)33-20-12-11-19-32(33)34)25-28-21-23-37(24-22-28)36(29-13-5-2-6-14-29,30-15-7-3-8-16-30)31-17-9-4-10-18-31/h2-20,27-28,34-35,38H,21-26H2,1H3. The first-order chi connectivity index (χ1) is 18.7. The number of aliphatic hydroxyl groups excluding tert-OH is 1. The molecule has 1 fully saturated rings. The molecular weight excluding hydrogens is 462 g/mol. The Labute approximate surface area is 228 Å². The average molecular weight is 502 g/mol. The second-order valence-electron chi connectivity index (χ2n) is 11.4. The molecule has 1 aliphatic carbocycles. The summed E-state index contributed by atoms with van der Waals surface area (Å²) in [7, 11) is 0. The van der Waals surface area contributed by atoms with Crippen molar-refractivity contribution in [1.82, 2.24) is 4.90 Å². The van der Waals surface area contributed by atoms with E-state index in [1.165, 1.54) is 41.5 Å². The highest BCUT2D eigenvalue weighted by molar-refractivity contribution is 5.49. The topological polar surface area (TPSA) is 23.5 Å². The summed E-state index contributed by atoms with van der Waals surface area (Å²) in [6.07, 6.45) is 4.21. The van der Waals surface area contributed by atoms with Gasteiger partial charge in [0.1, 0.15) is 0 Å². The third kappa shape index (κ3) is 4.51. The van der Waals surface area contributed by atoms with Crippen molar-refractivity contribution in [2.45, 2.75) is 50.2 Å². The molecule has 38 heavy (non-hydrogen) atoms. The van der Waals surface area contributed by atoms with Crippen LogP contribution in [0.15, 0.2) is 115 Å². The van der Waals surface area contributed by atoms with Gasteiger partial charge in [0.2, 0.25) is 0 Å². The van der Waals surface area contributed by atoms with Crippen molar-refractivity contribution in [2.24, 2.45) is 11.8 Å². The zero-order valence-electron chi connectivity index (χ0n) is 22.4. The van der Waals surface area contributed by atoms with Crippen LogP contribution in [-0.2, 0) is 5.54 Å². The van der Waals surface area contributed by atoms with E-state index in [1.807, 2.05) is 0 Å². The van der Waals surface area contributed by atoms with Gasteiger partial charge >= 0.3 is 0 Å². The monoisotopic (exact) mass is 501 g/mol. The van der Waals surface area contributed by atoms with Crippen LogP contribution in [0, 0.1) is 11.8 Å². The zero-order chi connectivity index (χ0) is 26.0. The van der Waals surface area contributed by atoms with Gasteiger partial charge < -0.3 is 5.11 Å². The van der Waals surface area contributed by atoms with Crippen molar-refractivity contribution in [3.63, 3.8) is 0 Å². The van der Waals surface area contributed by atoms with Crippen LogP contribution >= 0.6 is 0 Å². The van der Waals surface area contributed by atoms with Gasteiger partial charge in [-0.3, -0.25) is 4.90 Å². The highest BCUT2D eigenvalue weighted by atomic mass is 16.3. The maximum absolute atomic E-state index is 10.6. The van der Waals surface area contributed by atoms with E-state index in [-0.39, 0.29) is 11.6 Å². The third-order valence-electron chi connectivity index (χ3n) is 9.29. The minimum absolute atomic E-state index is 0.302. The van der Waals surface area contributed by atoms with E-state index in [4.69, 9.17) is 0 Å². The first kappa shape index (κ1) is 25.1. The molecule has 0 radical (unpaired) electrons. The van der Waals surface area contributed by atoms with Gasteiger partial charge in [0.15, 0.2) is 0 Å². The fourth-order valence-corrected chi connectivity index (χ4v) is 7.47. The lowest BCUT2D eigenvalue weighted by Gasteiger charge is -2.49. The SMILES string of the molecule is CC(CC1CCN(C(c2ccccc2)(c2ccccc2)c2ccccc2)CC1)C1CC(O)c2ccccc21. The van der Waals surface area contributed by atoms with E-state index < -0.39 is 0 Å². The molecule has 2 nitrogen and oxygen atoms in total. The van der Waals surface area contributed by atoms with Crippen LogP contribution in [0.4, 0.5) is 0 Å². The van der Waals surface area contributed by atoms with Crippen molar-refractivity contribution in [3.05, 3.63) is 143 Å². The van der Waals surface area contributed by atoms with Gasteiger partial charge in [0.25, 0.3) is 0 Å². The summed E-state index contributed by atoms with van der Waals surface area (Å²) in [6, 6.07) is 41.8. The Morgan fingerprint density at radius 2 is 1.13 bits per heavy atom. The molecule has 4 aromatic rings. The molecule has 194 valence electrons. The number of hydrogen-bond donors (Lipinski definition) is 1. The van der Waals surface area contributed by atoms with Crippen LogP contribution in [0.25, 0.3) is 0 Å². The van der Waals surface area contributed by atoms with Crippen LogP contribution in [0.3, 0.4) is 0 Å². The molecular formula is C36H39NO. The fraction of sp³-hybridized carbons (Fsp3) is 0.333. The maximum atomic E-state index is 10.6. The Morgan fingerprint density at radius 1 is 0.684 bits per heavy atom. The number of likely N-dealkylation sites (tertiary alicyclic amines) is 1. The summed E-state index contributed by atoms with van der Waals surface area (Å²) >= 11 is 0. The molecule has 2 heteroatoms. The molecule has 1 saturated heterocycles. The van der Waals surface area contributed by atoms with Gasteiger partial charge in [-0.05, 0) is 84.3 Å². The van der Waals surface area contributed by atoms with E-state index in [0.29, 0.717) is 17.8 Å². The summed E-state index contributed by atoms with van der Waals surface area (Å²) in [6.45, 7) is 4.55. The summed E-state index contributed by atoms with van der Waals surface area (Å²) in [4.78, 5) is 2.74. The molecule has 1 aliphatic heterocycles. The predicted molar refractivity (Wildman–Crippen MR) is 156 cm³/mol. The molecule has 4 aromatic carbocycles. The van der Waals surface area contributed by atoms with Crippen molar-refractivity contribution in [3.8, 4) is 0 Å². The molecule has 0 amide bonds. The van der Waals surface area contributed by atoms with Gasteiger partial charge in [-0.25, -0.2) is 0 Å². The molecule has 6 rings (SSSR count). The van der Waals surface area contributed by atoms with E-state index in [2.05, 4.69) is 127 Å². The number of rotatable bonds is 7. The summed E-state index contributed by atoms with van der Waals surface area (Å²) in [5.74, 6) is 1.76. The Hall–Kier alpha value is -3.20. The van der Waals surface area contributed by atoms with Crippen LogP contribution in [0.2, 0.25) is 0 Å². The first-order valence-corrected chi connectivity index (χ1v) is 14.4. The lowest BCUT2D eigenvalue weighted by atomic mass is 9.73. The normalized spacial score (nSPS) is 21.2. The predicted octanol–water partition coefficient (Wildman–Crippen LogP) is 7.94. The third-order valence-corrected chi connectivity index (χ3v) is 9.29. The Morgan fingerprint density at radius 3 is 1.63 bits per heavy atom. The number of aliphatic hydroxyl groups is 1. The summed E-state index contributed by atoms with van der Waals surface area (Å²) in [5.41, 5.74) is 6.22. The molecule has 3 atom stereocenters. The smallest absolute Gasteiger partial charge is 0.0972 e. The number of nitrogens with zero attached hydrogens (tertiary/aromatic N) is 1. The molecule has 0 bridgehead atoms. The maximum Gasteiger partial charge on any atom is 0.0972 e. The Kier molecular flexibility index (Phi) is 7.19. The quantitative estimate of drug-likeness (QED) is 0.260. The first-order valence-electron chi connectivity index (χ1n) is 14.4. The molecule has 0 aromatic heterocycles. The number of benzene rings is 4. The zero-order valence-corrected chi connectivity index (χ0v) is 22.4. The minimum Gasteiger partial charge on any atom is -0.388 e. The van der Waals surface area contributed by atoms with Crippen molar-refractivity contribution in [1.29, 1.82) is 0 Å². The lowest BCUT2D eigenvalue weighted by Crippen LogP contribution is -2.51. The Balaban J connectivity index is 1.27. The molecule has 3 unspecified atom stereocenters. The molecule has 1 N–H and O–H groups in total. The molecule has 1 heterocycles. The van der Waals surface area contributed by atoms with Gasteiger partial charge in [0.05, 0.1) is 11.6 Å². The highest BCUT2D eigenvalue weighted by Gasteiger charge is 2.43. The Bertz CT molecular complexity index is 1210. The van der Waals surface area contributed by atoms with Gasteiger partial charge in [-0.1, -0.05) is 122 Å². The van der Waals surface area contributed by atoms with E-state index >= 15 is 0 Å². The van der Waals surface area contributed by atoms with Gasteiger partial charge in [-0.2, -0.15) is 0 Å².